The lowest BCUT2D eigenvalue weighted by molar-refractivity contribution is 0.251. The van der Waals surface area contributed by atoms with Crippen LogP contribution in [-0.2, 0) is 13.6 Å². The molecule has 0 spiro atoms. The number of ether oxygens (including phenoxy) is 1. The van der Waals surface area contributed by atoms with Crippen molar-refractivity contribution in [1.29, 1.82) is 0 Å². The average molecular weight is 351 g/mol. The Hall–Kier alpha value is -3.35. The fourth-order valence-corrected chi connectivity index (χ4v) is 2.45. The topological polar surface area (TPSA) is 81.1 Å². The van der Waals surface area contributed by atoms with Gasteiger partial charge in [0.2, 0.25) is 0 Å². The SMILES string of the molecule is CCOc1ccccc1NC(=O)NCc1ccc(-c2cnn(C)c2)nc1. The molecule has 0 aliphatic heterocycles. The van der Waals surface area contributed by atoms with Crippen molar-refractivity contribution >= 4 is 11.7 Å². The summed E-state index contributed by atoms with van der Waals surface area (Å²) in [5.41, 5.74) is 3.34. The maximum Gasteiger partial charge on any atom is 0.319 e. The van der Waals surface area contributed by atoms with Crippen molar-refractivity contribution in [1.82, 2.24) is 20.1 Å². The Kier molecular flexibility index (Phi) is 5.48. The molecule has 0 radical (unpaired) electrons. The third-order valence-electron chi connectivity index (χ3n) is 3.71. The van der Waals surface area contributed by atoms with Gasteiger partial charge in [0.25, 0.3) is 0 Å². The molecule has 0 aliphatic rings. The summed E-state index contributed by atoms with van der Waals surface area (Å²) in [4.78, 5) is 16.5. The van der Waals surface area contributed by atoms with Crippen LogP contribution in [0.5, 0.6) is 5.75 Å². The van der Waals surface area contributed by atoms with Gasteiger partial charge >= 0.3 is 6.03 Å². The molecule has 3 rings (SSSR count). The summed E-state index contributed by atoms with van der Waals surface area (Å²) in [5, 5.41) is 9.75. The van der Waals surface area contributed by atoms with Crippen molar-refractivity contribution in [2.45, 2.75) is 13.5 Å². The largest absolute Gasteiger partial charge is 0.492 e. The third kappa shape index (κ3) is 4.38. The Morgan fingerprint density at radius 2 is 2.04 bits per heavy atom. The summed E-state index contributed by atoms with van der Waals surface area (Å²) in [5.74, 6) is 0.646. The van der Waals surface area contributed by atoms with Crippen LogP contribution < -0.4 is 15.4 Å². The fourth-order valence-electron chi connectivity index (χ4n) is 2.45. The molecule has 0 aliphatic carbocycles. The molecule has 0 saturated carbocycles. The van der Waals surface area contributed by atoms with E-state index in [9.17, 15) is 4.79 Å². The molecule has 7 heteroatoms. The standard InChI is InChI=1S/C19H21N5O2/c1-3-26-18-7-5-4-6-17(18)23-19(25)21-11-14-8-9-16(20-10-14)15-12-22-24(2)13-15/h4-10,12-13H,3,11H2,1-2H3,(H2,21,23,25). The number of carbonyl (C=O) groups is 1. The maximum absolute atomic E-state index is 12.1. The highest BCUT2D eigenvalue weighted by Crippen LogP contribution is 2.23. The van der Waals surface area contributed by atoms with Gasteiger partial charge in [0.15, 0.2) is 0 Å². The van der Waals surface area contributed by atoms with Gasteiger partial charge in [-0.25, -0.2) is 4.79 Å². The number of nitrogens with one attached hydrogen (secondary N) is 2. The van der Waals surface area contributed by atoms with Gasteiger partial charge in [-0.3, -0.25) is 9.67 Å². The zero-order valence-corrected chi connectivity index (χ0v) is 14.8. The smallest absolute Gasteiger partial charge is 0.319 e. The second kappa shape index (κ2) is 8.15. The van der Waals surface area contributed by atoms with Crippen molar-refractivity contribution in [3.63, 3.8) is 0 Å². The summed E-state index contributed by atoms with van der Waals surface area (Å²) in [6.45, 7) is 2.82. The first kappa shape index (κ1) is 17.5. The molecule has 0 unspecified atom stereocenters. The molecular weight excluding hydrogens is 330 g/mol. The van der Waals surface area contributed by atoms with Gasteiger partial charge in [-0.15, -0.1) is 0 Å². The highest BCUT2D eigenvalue weighted by Gasteiger charge is 2.07. The van der Waals surface area contributed by atoms with E-state index >= 15 is 0 Å². The first-order valence-electron chi connectivity index (χ1n) is 8.36. The number of pyridine rings is 1. The van der Waals surface area contributed by atoms with E-state index in [2.05, 4.69) is 20.7 Å². The zero-order chi connectivity index (χ0) is 18.4. The van der Waals surface area contributed by atoms with E-state index in [0.29, 0.717) is 24.6 Å². The van der Waals surface area contributed by atoms with Crippen molar-refractivity contribution in [3.05, 3.63) is 60.6 Å². The number of aryl methyl sites for hydroxylation is 1. The Morgan fingerprint density at radius 1 is 1.19 bits per heavy atom. The number of hydrogen-bond donors (Lipinski definition) is 2. The van der Waals surface area contributed by atoms with Gasteiger partial charge in [-0.2, -0.15) is 5.10 Å². The maximum atomic E-state index is 12.1. The van der Waals surface area contributed by atoms with Crippen LogP contribution in [0.1, 0.15) is 12.5 Å². The predicted molar refractivity (Wildman–Crippen MR) is 99.9 cm³/mol. The predicted octanol–water partition coefficient (Wildman–Crippen LogP) is 3.20. The molecule has 7 nitrogen and oxygen atoms in total. The van der Waals surface area contributed by atoms with Crippen LogP contribution in [0.2, 0.25) is 0 Å². The first-order chi connectivity index (χ1) is 12.7. The Bertz CT molecular complexity index is 874. The summed E-state index contributed by atoms with van der Waals surface area (Å²) in [7, 11) is 1.87. The van der Waals surface area contributed by atoms with Gasteiger partial charge in [0.1, 0.15) is 5.75 Å². The number of amides is 2. The number of urea groups is 1. The van der Waals surface area contributed by atoms with E-state index < -0.39 is 0 Å². The molecule has 0 saturated heterocycles. The molecule has 0 fully saturated rings. The Labute approximate surface area is 152 Å². The number of hydrogen-bond acceptors (Lipinski definition) is 4. The lowest BCUT2D eigenvalue weighted by Gasteiger charge is -2.12. The number of rotatable bonds is 6. The van der Waals surface area contributed by atoms with E-state index in [0.717, 1.165) is 16.8 Å². The number of benzene rings is 1. The van der Waals surface area contributed by atoms with Crippen LogP contribution in [0.25, 0.3) is 11.3 Å². The van der Waals surface area contributed by atoms with Crippen LogP contribution >= 0.6 is 0 Å². The molecule has 26 heavy (non-hydrogen) atoms. The van der Waals surface area contributed by atoms with Crippen molar-refractivity contribution in [3.8, 4) is 17.0 Å². The minimum absolute atomic E-state index is 0.298. The van der Waals surface area contributed by atoms with E-state index in [4.69, 9.17) is 4.74 Å². The van der Waals surface area contributed by atoms with E-state index in [1.807, 2.05) is 50.5 Å². The van der Waals surface area contributed by atoms with Crippen molar-refractivity contribution in [2.24, 2.45) is 7.05 Å². The van der Waals surface area contributed by atoms with Gasteiger partial charge in [0, 0.05) is 31.5 Å². The average Bonchev–Trinajstić information content (AvgIpc) is 3.09. The van der Waals surface area contributed by atoms with E-state index in [1.54, 1.807) is 23.1 Å². The van der Waals surface area contributed by atoms with Gasteiger partial charge in [0.05, 0.1) is 24.2 Å². The second-order valence-electron chi connectivity index (χ2n) is 5.69. The van der Waals surface area contributed by atoms with E-state index in [1.165, 1.54) is 0 Å². The van der Waals surface area contributed by atoms with Crippen molar-refractivity contribution in [2.75, 3.05) is 11.9 Å². The molecule has 2 heterocycles. The molecular formula is C19H21N5O2. The number of para-hydroxylation sites is 2. The third-order valence-corrected chi connectivity index (χ3v) is 3.71. The zero-order valence-electron chi connectivity index (χ0n) is 14.8. The van der Waals surface area contributed by atoms with Crippen LogP contribution in [-0.4, -0.2) is 27.4 Å². The minimum atomic E-state index is -0.298. The molecule has 3 aromatic rings. The first-order valence-corrected chi connectivity index (χ1v) is 8.36. The monoisotopic (exact) mass is 351 g/mol. The van der Waals surface area contributed by atoms with Gasteiger partial charge in [-0.1, -0.05) is 18.2 Å². The Morgan fingerprint density at radius 3 is 2.73 bits per heavy atom. The van der Waals surface area contributed by atoms with Crippen LogP contribution in [0.4, 0.5) is 10.5 Å². The highest BCUT2D eigenvalue weighted by atomic mass is 16.5. The summed E-state index contributed by atoms with van der Waals surface area (Å²) in [6, 6.07) is 10.9. The lowest BCUT2D eigenvalue weighted by Crippen LogP contribution is -2.28. The molecule has 0 atom stereocenters. The molecule has 0 bridgehead atoms. The molecule has 2 aromatic heterocycles. The summed E-state index contributed by atoms with van der Waals surface area (Å²) in [6.07, 6.45) is 5.42. The quantitative estimate of drug-likeness (QED) is 0.714. The van der Waals surface area contributed by atoms with Crippen LogP contribution in [0.15, 0.2) is 55.0 Å². The number of carbonyl (C=O) groups excluding carboxylic acids is 1. The second-order valence-corrected chi connectivity index (χ2v) is 5.69. The lowest BCUT2D eigenvalue weighted by atomic mass is 10.2. The van der Waals surface area contributed by atoms with Crippen LogP contribution in [0.3, 0.4) is 0 Å². The molecule has 2 N–H and O–H groups in total. The number of anilines is 1. The molecule has 1 aromatic carbocycles. The minimum Gasteiger partial charge on any atom is -0.492 e. The summed E-state index contributed by atoms with van der Waals surface area (Å²) < 4.78 is 7.23. The van der Waals surface area contributed by atoms with E-state index in [-0.39, 0.29) is 6.03 Å². The van der Waals surface area contributed by atoms with Gasteiger partial charge in [-0.05, 0) is 30.7 Å². The summed E-state index contributed by atoms with van der Waals surface area (Å²) >= 11 is 0. The highest BCUT2D eigenvalue weighted by molar-refractivity contribution is 5.90. The van der Waals surface area contributed by atoms with Crippen molar-refractivity contribution < 1.29 is 9.53 Å². The molecule has 134 valence electrons. The molecule has 2 amide bonds. The van der Waals surface area contributed by atoms with Crippen LogP contribution in [0, 0.1) is 0 Å². The van der Waals surface area contributed by atoms with Gasteiger partial charge < -0.3 is 15.4 Å². The normalized spacial score (nSPS) is 10.4. The fraction of sp³-hybridized carbons (Fsp3) is 0.211. The Balaban J connectivity index is 1.56. The number of nitrogens with zero attached hydrogens (tertiary/aromatic N) is 3. The number of aromatic nitrogens is 3.